The van der Waals surface area contributed by atoms with Crippen molar-refractivity contribution >= 4 is 0 Å². The van der Waals surface area contributed by atoms with Crippen LogP contribution < -0.4 is 0 Å². The number of hydrogen-bond acceptors (Lipinski definition) is 3. The summed E-state index contributed by atoms with van der Waals surface area (Å²) in [6.07, 6.45) is 5.32. The third-order valence-electron chi connectivity index (χ3n) is 1.70. The molecule has 2 rings (SSSR count). The highest BCUT2D eigenvalue weighted by molar-refractivity contribution is 5.42. The number of hydrogen-bond donors (Lipinski definition) is 1. The lowest BCUT2D eigenvalue weighted by atomic mass is 10.4. The molecule has 4 heteroatoms. The van der Waals surface area contributed by atoms with Gasteiger partial charge < -0.3 is 4.98 Å². The molecular formula is C9H10N4. The number of aryl methyl sites for hydroxylation is 2. The highest BCUT2D eigenvalue weighted by Gasteiger charge is 2.02. The Morgan fingerprint density at radius 1 is 1.00 bits per heavy atom. The molecule has 0 atom stereocenters. The van der Waals surface area contributed by atoms with Crippen LogP contribution in [0.3, 0.4) is 0 Å². The summed E-state index contributed by atoms with van der Waals surface area (Å²) in [5, 5.41) is 0. The van der Waals surface area contributed by atoms with E-state index in [1.807, 2.05) is 13.8 Å². The zero-order chi connectivity index (χ0) is 9.26. The van der Waals surface area contributed by atoms with E-state index in [9.17, 15) is 0 Å². The molecule has 2 aromatic heterocycles. The fraction of sp³-hybridized carbons (Fsp3) is 0.222. The fourth-order valence-electron chi connectivity index (χ4n) is 1.04. The molecule has 0 aliphatic carbocycles. The Morgan fingerprint density at radius 3 is 2.23 bits per heavy atom. The summed E-state index contributed by atoms with van der Waals surface area (Å²) in [6.45, 7) is 3.90. The first kappa shape index (κ1) is 7.91. The molecule has 0 unspecified atom stereocenters. The Morgan fingerprint density at radius 2 is 1.69 bits per heavy atom. The lowest BCUT2D eigenvalue weighted by Crippen LogP contribution is -1.90. The van der Waals surface area contributed by atoms with Gasteiger partial charge in [0.25, 0.3) is 0 Å². The summed E-state index contributed by atoms with van der Waals surface area (Å²) < 4.78 is 0. The largest absolute Gasteiger partial charge is 0.339 e. The molecule has 2 heterocycles. The van der Waals surface area contributed by atoms with E-state index in [4.69, 9.17) is 0 Å². The second-order valence-electron chi connectivity index (χ2n) is 3.00. The van der Waals surface area contributed by atoms with Crippen molar-refractivity contribution < 1.29 is 0 Å². The summed E-state index contributed by atoms with van der Waals surface area (Å²) in [7, 11) is 0. The van der Waals surface area contributed by atoms with Crippen LogP contribution in [-0.2, 0) is 0 Å². The van der Waals surface area contributed by atoms with Gasteiger partial charge in [0.15, 0.2) is 11.6 Å². The van der Waals surface area contributed by atoms with E-state index in [1.165, 1.54) is 0 Å². The minimum Gasteiger partial charge on any atom is -0.339 e. The van der Waals surface area contributed by atoms with Gasteiger partial charge in [-0.25, -0.2) is 15.0 Å². The van der Waals surface area contributed by atoms with E-state index in [-0.39, 0.29) is 0 Å². The molecule has 4 nitrogen and oxygen atoms in total. The Labute approximate surface area is 76.1 Å². The second-order valence-corrected chi connectivity index (χ2v) is 3.00. The summed E-state index contributed by atoms with van der Waals surface area (Å²) in [5.74, 6) is 1.36. The number of nitrogens with one attached hydrogen (secondary N) is 1. The smallest absolute Gasteiger partial charge is 0.195 e. The number of H-pyrrole nitrogens is 1. The maximum Gasteiger partial charge on any atom is 0.195 e. The number of aromatic amines is 1. The van der Waals surface area contributed by atoms with Crippen LogP contribution in [0.15, 0.2) is 18.6 Å². The molecule has 66 valence electrons. The quantitative estimate of drug-likeness (QED) is 0.712. The Balaban J connectivity index is 2.41. The summed E-state index contributed by atoms with van der Waals surface area (Å²) in [4.78, 5) is 15.5. The average molecular weight is 174 g/mol. The van der Waals surface area contributed by atoms with Gasteiger partial charge in [-0.05, 0) is 19.4 Å². The third-order valence-corrected chi connectivity index (χ3v) is 1.70. The molecule has 0 amide bonds. The summed E-state index contributed by atoms with van der Waals surface area (Å²) in [6, 6.07) is 0. The Bertz CT molecular complexity index is 402. The van der Waals surface area contributed by atoms with Crippen molar-refractivity contribution in [1.29, 1.82) is 0 Å². The van der Waals surface area contributed by atoms with Gasteiger partial charge in [-0.1, -0.05) is 0 Å². The first-order chi connectivity index (χ1) is 6.25. The van der Waals surface area contributed by atoms with Gasteiger partial charge >= 0.3 is 0 Å². The van der Waals surface area contributed by atoms with Crippen LogP contribution in [-0.4, -0.2) is 19.9 Å². The molecule has 0 saturated heterocycles. The first-order valence-electron chi connectivity index (χ1n) is 4.06. The highest BCUT2D eigenvalue weighted by Crippen LogP contribution is 2.08. The van der Waals surface area contributed by atoms with Crippen LogP contribution in [0.1, 0.15) is 11.3 Å². The summed E-state index contributed by atoms with van der Waals surface area (Å²) in [5.41, 5.74) is 2.06. The maximum atomic E-state index is 4.16. The number of rotatable bonds is 1. The monoisotopic (exact) mass is 174 g/mol. The van der Waals surface area contributed by atoms with Gasteiger partial charge in [0.2, 0.25) is 0 Å². The van der Waals surface area contributed by atoms with Crippen molar-refractivity contribution in [2.24, 2.45) is 0 Å². The fourth-order valence-corrected chi connectivity index (χ4v) is 1.04. The van der Waals surface area contributed by atoms with Gasteiger partial charge in [0, 0.05) is 24.3 Å². The van der Waals surface area contributed by atoms with Crippen LogP contribution >= 0.6 is 0 Å². The van der Waals surface area contributed by atoms with Gasteiger partial charge in [0.1, 0.15) is 0 Å². The van der Waals surface area contributed by atoms with Crippen molar-refractivity contribution in [3.05, 3.63) is 29.8 Å². The van der Waals surface area contributed by atoms with E-state index in [1.54, 1.807) is 18.6 Å². The third kappa shape index (κ3) is 1.56. The Hall–Kier alpha value is -1.71. The number of nitrogens with zero attached hydrogens (tertiary/aromatic N) is 3. The molecular weight excluding hydrogens is 164 g/mol. The first-order valence-corrected chi connectivity index (χ1v) is 4.06. The Kier molecular flexibility index (Phi) is 1.81. The van der Waals surface area contributed by atoms with Crippen LogP contribution in [0.25, 0.3) is 11.6 Å². The molecule has 2 aromatic rings. The van der Waals surface area contributed by atoms with Crippen molar-refractivity contribution in [3.63, 3.8) is 0 Å². The second kappa shape index (κ2) is 2.97. The van der Waals surface area contributed by atoms with Crippen molar-refractivity contribution in [3.8, 4) is 11.6 Å². The maximum absolute atomic E-state index is 4.16. The molecule has 0 aromatic carbocycles. The molecule has 0 aliphatic heterocycles. The van der Waals surface area contributed by atoms with E-state index < -0.39 is 0 Å². The van der Waals surface area contributed by atoms with E-state index in [0.29, 0.717) is 5.82 Å². The van der Waals surface area contributed by atoms with Gasteiger partial charge in [-0.3, -0.25) is 0 Å². The number of imidazole rings is 1. The number of aromatic nitrogens is 4. The lowest BCUT2D eigenvalue weighted by Gasteiger charge is -1.94. The van der Waals surface area contributed by atoms with Crippen LogP contribution in [0.2, 0.25) is 0 Å². The van der Waals surface area contributed by atoms with Crippen LogP contribution in [0.4, 0.5) is 0 Å². The van der Waals surface area contributed by atoms with Crippen LogP contribution in [0, 0.1) is 13.8 Å². The predicted molar refractivity (Wildman–Crippen MR) is 49.1 cm³/mol. The van der Waals surface area contributed by atoms with Gasteiger partial charge in [0.05, 0.1) is 0 Å². The zero-order valence-corrected chi connectivity index (χ0v) is 7.57. The SMILES string of the molecule is Cc1cnc(-c2ncc(C)[nH]2)nc1. The average Bonchev–Trinajstić information content (AvgIpc) is 2.53. The van der Waals surface area contributed by atoms with Crippen LogP contribution in [0.5, 0.6) is 0 Å². The van der Waals surface area contributed by atoms with Crippen molar-refractivity contribution in [2.45, 2.75) is 13.8 Å². The van der Waals surface area contributed by atoms with E-state index in [0.717, 1.165) is 17.1 Å². The lowest BCUT2D eigenvalue weighted by molar-refractivity contribution is 1.09. The molecule has 0 aliphatic rings. The minimum atomic E-state index is 0.638. The molecule has 13 heavy (non-hydrogen) atoms. The molecule has 0 radical (unpaired) electrons. The van der Waals surface area contributed by atoms with E-state index in [2.05, 4.69) is 19.9 Å². The van der Waals surface area contributed by atoms with Crippen molar-refractivity contribution in [2.75, 3.05) is 0 Å². The standard InChI is InChI=1S/C9H10N4/c1-6-3-10-8(11-4-6)9-12-5-7(2)13-9/h3-5H,1-2H3,(H,12,13). The molecule has 0 saturated carbocycles. The highest BCUT2D eigenvalue weighted by atomic mass is 15.0. The normalized spacial score (nSPS) is 10.3. The zero-order valence-electron chi connectivity index (χ0n) is 7.57. The minimum absolute atomic E-state index is 0.638. The van der Waals surface area contributed by atoms with Gasteiger partial charge in [-0.2, -0.15) is 0 Å². The molecule has 1 N–H and O–H groups in total. The van der Waals surface area contributed by atoms with Crippen molar-refractivity contribution in [1.82, 2.24) is 19.9 Å². The topological polar surface area (TPSA) is 54.5 Å². The van der Waals surface area contributed by atoms with Gasteiger partial charge in [-0.15, -0.1) is 0 Å². The predicted octanol–water partition coefficient (Wildman–Crippen LogP) is 1.48. The summed E-state index contributed by atoms with van der Waals surface area (Å²) >= 11 is 0. The molecule has 0 bridgehead atoms. The molecule has 0 spiro atoms. The molecule has 0 fully saturated rings. The van der Waals surface area contributed by atoms with E-state index >= 15 is 0 Å².